The van der Waals surface area contributed by atoms with Crippen molar-refractivity contribution in [3.05, 3.63) is 0 Å². The topological polar surface area (TPSA) is 55.3 Å². The van der Waals surface area contributed by atoms with Crippen LogP contribution >= 0.6 is 0 Å². The average molecular weight is 173 g/mol. The molecule has 0 heterocycles. The Balaban J connectivity index is 3.39. The Kier molecular flexibility index (Phi) is 6.34. The van der Waals surface area contributed by atoms with E-state index in [9.17, 15) is 0 Å². The van der Waals surface area contributed by atoms with Gasteiger partial charge in [-0.2, -0.15) is 0 Å². The molecule has 0 aromatic rings. The second-order valence-electron chi connectivity index (χ2n) is 3.94. The summed E-state index contributed by atoms with van der Waals surface area (Å²) in [6, 6.07) is 0.127. The maximum absolute atomic E-state index is 5.71. The van der Waals surface area contributed by atoms with Gasteiger partial charge in [-0.1, -0.05) is 13.8 Å². The molecule has 12 heavy (non-hydrogen) atoms. The lowest BCUT2D eigenvalue weighted by atomic mass is 10.1. The molecule has 0 amide bonds. The van der Waals surface area contributed by atoms with Crippen molar-refractivity contribution in [1.29, 1.82) is 0 Å². The summed E-state index contributed by atoms with van der Waals surface area (Å²) in [7, 11) is 2.10. The highest BCUT2D eigenvalue weighted by atomic mass is 15.1. The third kappa shape index (κ3) is 6.58. The molecule has 1 unspecified atom stereocenters. The predicted octanol–water partition coefficient (Wildman–Crippen LogP) is 0.250. The van der Waals surface area contributed by atoms with E-state index in [-0.39, 0.29) is 6.04 Å². The molecule has 0 aromatic heterocycles. The normalized spacial score (nSPS) is 14.2. The van der Waals surface area contributed by atoms with Gasteiger partial charge < -0.3 is 16.4 Å². The van der Waals surface area contributed by atoms with Crippen molar-refractivity contribution in [2.75, 3.05) is 26.7 Å². The van der Waals surface area contributed by atoms with E-state index in [0.717, 1.165) is 19.0 Å². The van der Waals surface area contributed by atoms with E-state index in [1.165, 1.54) is 6.42 Å². The van der Waals surface area contributed by atoms with Crippen LogP contribution in [-0.2, 0) is 0 Å². The number of nitrogens with two attached hydrogens (primary N) is 2. The zero-order chi connectivity index (χ0) is 9.56. The van der Waals surface area contributed by atoms with Crippen LogP contribution in [0.4, 0.5) is 0 Å². The van der Waals surface area contributed by atoms with E-state index < -0.39 is 0 Å². The molecule has 4 N–H and O–H groups in total. The van der Waals surface area contributed by atoms with E-state index in [1.807, 2.05) is 0 Å². The van der Waals surface area contributed by atoms with Crippen LogP contribution in [0.2, 0.25) is 0 Å². The van der Waals surface area contributed by atoms with Gasteiger partial charge in [0.25, 0.3) is 0 Å². The second kappa shape index (κ2) is 6.40. The first-order valence-corrected chi connectivity index (χ1v) is 4.70. The fraction of sp³-hybridized carbons (Fsp3) is 1.00. The van der Waals surface area contributed by atoms with Crippen LogP contribution in [0.5, 0.6) is 0 Å². The monoisotopic (exact) mass is 173 g/mol. The molecule has 74 valence electrons. The number of nitrogens with zero attached hydrogens (tertiary/aromatic N) is 1. The highest BCUT2D eigenvalue weighted by molar-refractivity contribution is 4.66. The largest absolute Gasteiger partial charge is 0.329 e. The van der Waals surface area contributed by atoms with Crippen molar-refractivity contribution in [1.82, 2.24) is 4.90 Å². The lowest BCUT2D eigenvalue weighted by Crippen LogP contribution is -2.41. The van der Waals surface area contributed by atoms with E-state index in [0.29, 0.717) is 6.54 Å². The molecule has 0 aliphatic carbocycles. The minimum absolute atomic E-state index is 0.127. The summed E-state index contributed by atoms with van der Waals surface area (Å²) in [5.41, 5.74) is 11.1. The first kappa shape index (κ1) is 11.9. The maximum Gasteiger partial charge on any atom is 0.0292 e. The first-order chi connectivity index (χ1) is 5.56. The molecule has 0 radical (unpaired) electrons. The Morgan fingerprint density at radius 1 is 1.33 bits per heavy atom. The minimum Gasteiger partial charge on any atom is -0.329 e. The summed E-state index contributed by atoms with van der Waals surface area (Å²) < 4.78 is 0. The first-order valence-electron chi connectivity index (χ1n) is 4.70. The van der Waals surface area contributed by atoms with Gasteiger partial charge in [-0.15, -0.1) is 0 Å². The zero-order valence-electron chi connectivity index (χ0n) is 8.59. The van der Waals surface area contributed by atoms with Gasteiger partial charge >= 0.3 is 0 Å². The Bertz CT molecular complexity index is 104. The van der Waals surface area contributed by atoms with E-state index in [4.69, 9.17) is 11.5 Å². The number of likely N-dealkylation sites (N-methyl/N-ethyl adjacent to an activating group) is 1. The van der Waals surface area contributed by atoms with Crippen molar-refractivity contribution in [2.45, 2.75) is 26.3 Å². The number of hydrogen-bond acceptors (Lipinski definition) is 3. The SMILES string of the molecule is CC(C)CCN(C)CC(N)CN. The molecule has 3 heteroatoms. The van der Waals surface area contributed by atoms with Crippen molar-refractivity contribution in [3.63, 3.8) is 0 Å². The maximum atomic E-state index is 5.71. The highest BCUT2D eigenvalue weighted by Gasteiger charge is 2.04. The molecule has 0 saturated carbocycles. The molecule has 3 nitrogen and oxygen atoms in total. The molecule has 1 atom stereocenters. The third-order valence-electron chi connectivity index (χ3n) is 1.94. The van der Waals surface area contributed by atoms with Gasteiger partial charge in [0.2, 0.25) is 0 Å². The van der Waals surface area contributed by atoms with E-state index in [2.05, 4.69) is 25.8 Å². The zero-order valence-corrected chi connectivity index (χ0v) is 8.59. The number of hydrogen-bond donors (Lipinski definition) is 2. The summed E-state index contributed by atoms with van der Waals surface area (Å²) in [6.45, 7) is 7.06. The van der Waals surface area contributed by atoms with Crippen LogP contribution in [0.1, 0.15) is 20.3 Å². The van der Waals surface area contributed by atoms with E-state index in [1.54, 1.807) is 0 Å². The van der Waals surface area contributed by atoms with Crippen LogP contribution in [0.25, 0.3) is 0 Å². The Morgan fingerprint density at radius 3 is 2.33 bits per heavy atom. The van der Waals surface area contributed by atoms with Gasteiger partial charge in [0.15, 0.2) is 0 Å². The van der Waals surface area contributed by atoms with Crippen LogP contribution in [0.3, 0.4) is 0 Å². The van der Waals surface area contributed by atoms with Crippen molar-refractivity contribution in [2.24, 2.45) is 17.4 Å². The van der Waals surface area contributed by atoms with Gasteiger partial charge in [0, 0.05) is 19.1 Å². The summed E-state index contributed by atoms with van der Waals surface area (Å²) in [6.07, 6.45) is 1.23. The van der Waals surface area contributed by atoms with Crippen LogP contribution in [0, 0.1) is 5.92 Å². The molecule has 0 saturated heterocycles. The molecule has 0 bridgehead atoms. The molecular weight excluding hydrogens is 150 g/mol. The average Bonchev–Trinajstić information content (AvgIpc) is 2.00. The van der Waals surface area contributed by atoms with Gasteiger partial charge in [-0.3, -0.25) is 0 Å². The van der Waals surface area contributed by atoms with Crippen molar-refractivity contribution >= 4 is 0 Å². The van der Waals surface area contributed by atoms with Crippen LogP contribution in [0.15, 0.2) is 0 Å². The molecule has 0 aromatic carbocycles. The Hall–Kier alpha value is -0.120. The fourth-order valence-electron chi connectivity index (χ4n) is 1.04. The molecular formula is C9H23N3. The molecule has 0 fully saturated rings. The van der Waals surface area contributed by atoms with E-state index >= 15 is 0 Å². The van der Waals surface area contributed by atoms with Crippen LogP contribution in [-0.4, -0.2) is 37.6 Å². The smallest absolute Gasteiger partial charge is 0.0292 e. The summed E-state index contributed by atoms with van der Waals surface area (Å²) in [5.74, 6) is 0.765. The fourth-order valence-corrected chi connectivity index (χ4v) is 1.04. The lowest BCUT2D eigenvalue weighted by Gasteiger charge is -2.20. The second-order valence-corrected chi connectivity index (χ2v) is 3.94. The quantitative estimate of drug-likeness (QED) is 0.605. The minimum atomic E-state index is 0.127. The van der Waals surface area contributed by atoms with Gasteiger partial charge in [0.1, 0.15) is 0 Å². The van der Waals surface area contributed by atoms with Gasteiger partial charge in [-0.05, 0) is 25.9 Å². The van der Waals surface area contributed by atoms with Crippen molar-refractivity contribution in [3.8, 4) is 0 Å². The van der Waals surface area contributed by atoms with Crippen molar-refractivity contribution < 1.29 is 0 Å². The summed E-state index contributed by atoms with van der Waals surface area (Å²) >= 11 is 0. The van der Waals surface area contributed by atoms with Gasteiger partial charge in [0.05, 0.1) is 0 Å². The summed E-state index contributed by atoms with van der Waals surface area (Å²) in [4.78, 5) is 2.25. The molecule has 0 aliphatic heterocycles. The lowest BCUT2D eigenvalue weighted by molar-refractivity contribution is 0.293. The van der Waals surface area contributed by atoms with Crippen LogP contribution < -0.4 is 11.5 Å². The highest BCUT2D eigenvalue weighted by Crippen LogP contribution is 2.00. The molecule has 0 spiro atoms. The Labute approximate surface area is 76.1 Å². The third-order valence-corrected chi connectivity index (χ3v) is 1.94. The molecule has 0 rings (SSSR count). The Morgan fingerprint density at radius 2 is 1.92 bits per heavy atom. The van der Waals surface area contributed by atoms with Gasteiger partial charge in [-0.25, -0.2) is 0 Å². The summed E-state index contributed by atoms with van der Waals surface area (Å²) in [5, 5.41) is 0. The molecule has 0 aliphatic rings. The predicted molar refractivity (Wildman–Crippen MR) is 54.0 cm³/mol. The number of rotatable bonds is 6. The standard InChI is InChI=1S/C9H23N3/c1-8(2)4-5-12(3)7-9(11)6-10/h8-9H,4-7,10-11H2,1-3H3.